The summed E-state index contributed by atoms with van der Waals surface area (Å²) in [6.07, 6.45) is 0.559. The molecule has 0 aliphatic carbocycles. The Hall–Kier alpha value is -1.85. The first-order valence-corrected chi connectivity index (χ1v) is 5.97. The summed E-state index contributed by atoms with van der Waals surface area (Å²) in [6.45, 7) is 5.77. The van der Waals surface area contributed by atoms with Crippen molar-refractivity contribution >= 4 is 11.8 Å². The molecule has 0 spiro atoms. The number of piperazine rings is 1. The molecule has 6 heteroatoms. The molecule has 1 aliphatic heterocycles. The van der Waals surface area contributed by atoms with Gasteiger partial charge in [-0.1, -0.05) is 12.1 Å². The number of aryl methyl sites for hydroxylation is 1. The van der Waals surface area contributed by atoms with E-state index in [1.165, 1.54) is 4.90 Å². The van der Waals surface area contributed by atoms with Crippen LogP contribution < -0.4 is 5.32 Å². The Morgan fingerprint density at radius 2 is 2.28 bits per heavy atom. The fourth-order valence-corrected chi connectivity index (χ4v) is 2.04. The summed E-state index contributed by atoms with van der Waals surface area (Å²) in [6, 6.07) is 1.77. The van der Waals surface area contributed by atoms with Crippen molar-refractivity contribution in [2.24, 2.45) is 0 Å². The first-order valence-electron chi connectivity index (χ1n) is 5.97. The molecule has 1 unspecified atom stereocenters. The number of carbonyl (C=O) groups excluding carboxylic acids is 2. The highest BCUT2D eigenvalue weighted by atomic mass is 16.5. The molecule has 0 bridgehead atoms. The maximum atomic E-state index is 12.3. The minimum Gasteiger partial charge on any atom is -0.359 e. The van der Waals surface area contributed by atoms with Gasteiger partial charge in [0, 0.05) is 6.07 Å². The van der Waals surface area contributed by atoms with E-state index < -0.39 is 5.54 Å². The van der Waals surface area contributed by atoms with E-state index in [2.05, 4.69) is 10.5 Å². The number of nitrogens with zero attached hydrogens (tertiary/aromatic N) is 2. The summed E-state index contributed by atoms with van der Waals surface area (Å²) in [5.41, 5.74) is -0.0538. The highest BCUT2D eigenvalue weighted by molar-refractivity contribution is 5.97. The van der Waals surface area contributed by atoms with Gasteiger partial charge in [0.25, 0.3) is 0 Å². The van der Waals surface area contributed by atoms with Gasteiger partial charge in [0.2, 0.25) is 11.8 Å². The molecule has 2 heterocycles. The van der Waals surface area contributed by atoms with Gasteiger partial charge in [-0.2, -0.15) is 0 Å². The Bertz CT molecular complexity index is 483. The van der Waals surface area contributed by atoms with Crippen LogP contribution in [-0.2, 0) is 16.1 Å². The minimum absolute atomic E-state index is 0.0637. The largest absolute Gasteiger partial charge is 0.359 e. The topological polar surface area (TPSA) is 75.4 Å². The van der Waals surface area contributed by atoms with E-state index in [4.69, 9.17) is 4.52 Å². The Balaban J connectivity index is 2.17. The zero-order valence-electron chi connectivity index (χ0n) is 10.8. The predicted octanol–water partition coefficient (Wildman–Crippen LogP) is 0.610. The van der Waals surface area contributed by atoms with Gasteiger partial charge < -0.3 is 14.7 Å². The van der Waals surface area contributed by atoms with Crippen molar-refractivity contribution in [3.63, 3.8) is 0 Å². The fourth-order valence-electron chi connectivity index (χ4n) is 2.04. The minimum atomic E-state index is -0.815. The zero-order valence-corrected chi connectivity index (χ0v) is 10.8. The molecule has 1 N–H and O–H groups in total. The van der Waals surface area contributed by atoms with Gasteiger partial charge in [-0.3, -0.25) is 9.59 Å². The van der Waals surface area contributed by atoms with E-state index in [1.807, 2.05) is 13.8 Å². The van der Waals surface area contributed by atoms with Crippen LogP contribution in [0.15, 0.2) is 10.6 Å². The lowest BCUT2D eigenvalue weighted by Gasteiger charge is -2.38. The number of hydrogen-bond donors (Lipinski definition) is 1. The molecule has 1 saturated heterocycles. The Morgan fingerprint density at radius 3 is 2.83 bits per heavy atom. The molecule has 0 radical (unpaired) electrons. The SMILES string of the molecule is CCC1(C)NC(=O)CN(Cc2cc(C)no2)C1=O. The third-order valence-corrected chi connectivity index (χ3v) is 3.24. The highest BCUT2D eigenvalue weighted by Crippen LogP contribution is 2.19. The summed E-state index contributed by atoms with van der Waals surface area (Å²) in [4.78, 5) is 25.4. The lowest BCUT2D eigenvalue weighted by atomic mass is 9.94. The normalized spacial score (nSPS) is 24.3. The third kappa shape index (κ3) is 2.23. The first-order chi connectivity index (χ1) is 8.44. The number of nitrogens with one attached hydrogen (secondary N) is 1. The fraction of sp³-hybridized carbons (Fsp3) is 0.583. The molecule has 18 heavy (non-hydrogen) atoms. The molecule has 6 nitrogen and oxygen atoms in total. The standard InChI is InChI=1S/C12H17N3O3/c1-4-12(3)11(17)15(7-10(16)13-12)6-9-5-8(2)14-18-9/h5H,4,6-7H2,1-3H3,(H,13,16). The van der Waals surface area contributed by atoms with Gasteiger partial charge in [0.1, 0.15) is 12.1 Å². The molecule has 1 aromatic rings. The zero-order chi connectivity index (χ0) is 13.3. The van der Waals surface area contributed by atoms with Crippen LogP contribution in [0.4, 0.5) is 0 Å². The van der Waals surface area contributed by atoms with Crippen molar-refractivity contribution < 1.29 is 14.1 Å². The van der Waals surface area contributed by atoms with Crippen molar-refractivity contribution in [1.29, 1.82) is 0 Å². The van der Waals surface area contributed by atoms with Crippen LogP contribution in [0.25, 0.3) is 0 Å². The second-order valence-corrected chi connectivity index (χ2v) is 4.83. The van der Waals surface area contributed by atoms with Gasteiger partial charge >= 0.3 is 0 Å². The van der Waals surface area contributed by atoms with Crippen molar-refractivity contribution in [2.75, 3.05) is 6.54 Å². The Morgan fingerprint density at radius 1 is 1.56 bits per heavy atom. The van der Waals surface area contributed by atoms with E-state index in [9.17, 15) is 9.59 Å². The number of amides is 2. The second-order valence-electron chi connectivity index (χ2n) is 4.83. The molecule has 2 rings (SSSR count). The molecular formula is C12H17N3O3. The quantitative estimate of drug-likeness (QED) is 0.854. The maximum absolute atomic E-state index is 12.3. The van der Waals surface area contributed by atoms with E-state index in [0.29, 0.717) is 12.2 Å². The molecule has 1 aromatic heterocycles. The van der Waals surface area contributed by atoms with Crippen molar-refractivity contribution in [1.82, 2.24) is 15.4 Å². The van der Waals surface area contributed by atoms with Crippen LogP contribution in [-0.4, -0.2) is 34.0 Å². The van der Waals surface area contributed by atoms with Gasteiger partial charge in [-0.05, 0) is 20.3 Å². The van der Waals surface area contributed by atoms with Crippen LogP contribution >= 0.6 is 0 Å². The van der Waals surface area contributed by atoms with E-state index in [0.717, 1.165) is 5.69 Å². The molecule has 98 valence electrons. The van der Waals surface area contributed by atoms with Crippen LogP contribution in [0.1, 0.15) is 31.7 Å². The van der Waals surface area contributed by atoms with Crippen molar-refractivity contribution in [2.45, 2.75) is 39.3 Å². The molecular weight excluding hydrogens is 234 g/mol. The maximum Gasteiger partial charge on any atom is 0.248 e. The number of aromatic nitrogens is 1. The predicted molar refractivity (Wildman–Crippen MR) is 63.5 cm³/mol. The van der Waals surface area contributed by atoms with E-state index in [1.54, 1.807) is 13.0 Å². The third-order valence-electron chi connectivity index (χ3n) is 3.24. The Kier molecular flexibility index (Phi) is 3.11. The molecule has 0 aromatic carbocycles. The number of hydrogen-bond acceptors (Lipinski definition) is 4. The van der Waals surface area contributed by atoms with E-state index >= 15 is 0 Å². The monoisotopic (exact) mass is 251 g/mol. The van der Waals surface area contributed by atoms with Crippen LogP contribution in [0.2, 0.25) is 0 Å². The van der Waals surface area contributed by atoms with Crippen LogP contribution in [0, 0.1) is 6.92 Å². The van der Waals surface area contributed by atoms with Crippen LogP contribution in [0.3, 0.4) is 0 Å². The molecule has 1 aliphatic rings. The van der Waals surface area contributed by atoms with Crippen molar-refractivity contribution in [3.8, 4) is 0 Å². The van der Waals surface area contributed by atoms with Gasteiger partial charge in [0.15, 0.2) is 5.76 Å². The first kappa shape index (κ1) is 12.6. The summed E-state index contributed by atoms with van der Waals surface area (Å²) >= 11 is 0. The summed E-state index contributed by atoms with van der Waals surface area (Å²) in [5.74, 6) is 0.364. The van der Waals surface area contributed by atoms with Gasteiger partial charge in [0.05, 0.1) is 12.2 Å². The Labute approximate surface area is 105 Å². The lowest BCUT2D eigenvalue weighted by molar-refractivity contribution is -0.150. The molecule has 1 fully saturated rings. The summed E-state index contributed by atoms with van der Waals surface area (Å²) < 4.78 is 5.08. The lowest BCUT2D eigenvalue weighted by Crippen LogP contribution is -2.64. The van der Waals surface area contributed by atoms with E-state index in [-0.39, 0.29) is 24.9 Å². The molecule has 0 saturated carbocycles. The van der Waals surface area contributed by atoms with Crippen molar-refractivity contribution in [3.05, 3.63) is 17.5 Å². The smallest absolute Gasteiger partial charge is 0.248 e. The molecule has 1 atom stereocenters. The highest BCUT2D eigenvalue weighted by Gasteiger charge is 2.41. The molecule has 2 amide bonds. The summed E-state index contributed by atoms with van der Waals surface area (Å²) in [5, 5.41) is 6.51. The number of carbonyl (C=O) groups is 2. The van der Waals surface area contributed by atoms with Gasteiger partial charge in [-0.25, -0.2) is 0 Å². The average Bonchev–Trinajstić information content (AvgIpc) is 2.71. The second kappa shape index (κ2) is 4.44. The average molecular weight is 251 g/mol. The summed E-state index contributed by atoms with van der Waals surface area (Å²) in [7, 11) is 0. The van der Waals surface area contributed by atoms with Crippen LogP contribution in [0.5, 0.6) is 0 Å². The van der Waals surface area contributed by atoms with Gasteiger partial charge in [-0.15, -0.1) is 0 Å². The number of rotatable bonds is 3.